The molecule has 1 heterocycles. The van der Waals surface area contributed by atoms with Gasteiger partial charge in [0.1, 0.15) is 17.5 Å². The van der Waals surface area contributed by atoms with Crippen LogP contribution in [0.4, 0.5) is 0 Å². The topological polar surface area (TPSA) is 53.8 Å². The average Bonchev–Trinajstić information content (AvgIpc) is 2.17. The molecular weight excluding hydrogens is 188 g/mol. The van der Waals surface area contributed by atoms with E-state index in [-0.39, 0.29) is 5.15 Å². The van der Waals surface area contributed by atoms with Gasteiger partial charge in [-0.3, -0.25) is 4.79 Å². The number of aromatic nitrogens is 1. The van der Waals surface area contributed by atoms with Crippen LogP contribution in [-0.2, 0) is 4.79 Å². The Morgan fingerprint density at radius 2 is 2.38 bits per heavy atom. The predicted molar refractivity (Wildman–Crippen MR) is 49.1 cm³/mol. The van der Waals surface area contributed by atoms with E-state index >= 15 is 0 Å². The summed E-state index contributed by atoms with van der Waals surface area (Å²) in [5.41, 5.74) is 0.975. The summed E-state index contributed by atoms with van der Waals surface area (Å²) < 4.78 is 0. The van der Waals surface area contributed by atoms with Gasteiger partial charge in [-0.05, 0) is 18.2 Å². The number of aldehydes is 1. The lowest BCUT2D eigenvalue weighted by atomic mass is 10.2. The van der Waals surface area contributed by atoms with E-state index in [0.717, 1.165) is 0 Å². The maximum absolute atomic E-state index is 10.0. The Kier molecular flexibility index (Phi) is 3.18. The second kappa shape index (κ2) is 4.39. The van der Waals surface area contributed by atoms with Crippen molar-refractivity contribution in [1.29, 1.82) is 5.26 Å². The van der Waals surface area contributed by atoms with Crippen LogP contribution in [0.5, 0.6) is 0 Å². The minimum Gasteiger partial charge on any atom is -0.299 e. The molecule has 3 nitrogen and oxygen atoms in total. The molecule has 0 saturated heterocycles. The Labute approximate surface area is 80.3 Å². The van der Waals surface area contributed by atoms with E-state index in [2.05, 4.69) is 4.98 Å². The van der Waals surface area contributed by atoms with E-state index in [0.29, 0.717) is 17.4 Å². The lowest BCUT2D eigenvalue weighted by Gasteiger charge is -1.95. The molecule has 0 saturated carbocycles. The smallest absolute Gasteiger partial charge is 0.142 e. The summed E-state index contributed by atoms with van der Waals surface area (Å²) in [5, 5.41) is 8.83. The first-order valence-electron chi connectivity index (χ1n) is 3.45. The third-order valence-electron chi connectivity index (χ3n) is 1.35. The van der Waals surface area contributed by atoms with Crippen molar-refractivity contribution in [3.63, 3.8) is 0 Å². The van der Waals surface area contributed by atoms with Crippen LogP contribution < -0.4 is 0 Å². The molecule has 0 aromatic carbocycles. The molecule has 0 radical (unpaired) electrons. The highest BCUT2D eigenvalue weighted by Crippen LogP contribution is 2.15. The molecule has 1 aromatic heterocycles. The van der Waals surface area contributed by atoms with Gasteiger partial charge in [0.2, 0.25) is 0 Å². The third kappa shape index (κ3) is 2.39. The molecule has 0 amide bonds. The van der Waals surface area contributed by atoms with Gasteiger partial charge in [0, 0.05) is 11.8 Å². The number of nitrogens with zero attached hydrogens (tertiary/aromatic N) is 2. The SMILES string of the molecule is N#Cc1cnc(Cl)c(C=CC=O)c1. The Hall–Kier alpha value is -1.66. The van der Waals surface area contributed by atoms with Gasteiger partial charge in [-0.1, -0.05) is 11.6 Å². The molecule has 0 bridgehead atoms. The van der Waals surface area contributed by atoms with Crippen LogP contribution in [0.1, 0.15) is 11.1 Å². The van der Waals surface area contributed by atoms with Gasteiger partial charge in [-0.15, -0.1) is 0 Å². The normalized spacial score (nSPS) is 9.85. The number of hydrogen-bond acceptors (Lipinski definition) is 3. The van der Waals surface area contributed by atoms with E-state index in [9.17, 15) is 4.79 Å². The standard InChI is InChI=1S/C9H5ClN2O/c10-9-8(2-1-3-13)4-7(5-11)6-12-9/h1-4,6H. The zero-order valence-corrected chi connectivity index (χ0v) is 7.32. The number of carbonyl (C=O) groups is 1. The number of nitriles is 1. The lowest BCUT2D eigenvalue weighted by molar-refractivity contribution is -0.104. The van der Waals surface area contributed by atoms with Crippen LogP contribution in [0.2, 0.25) is 5.15 Å². The molecule has 0 fully saturated rings. The van der Waals surface area contributed by atoms with Gasteiger partial charge in [0.05, 0.1) is 5.56 Å². The van der Waals surface area contributed by atoms with E-state index in [1.807, 2.05) is 6.07 Å². The van der Waals surface area contributed by atoms with Gasteiger partial charge < -0.3 is 0 Å². The predicted octanol–water partition coefficient (Wildman–Crippen LogP) is 1.82. The number of rotatable bonds is 2. The largest absolute Gasteiger partial charge is 0.299 e. The van der Waals surface area contributed by atoms with Crippen LogP contribution in [0.15, 0.2) is 18.3 Å². The Morgan fingerprint density at radius 3 is 3.00 bits per heavy atom. The lowest BCUT2D eigenvalue weighted by Crippen LogP contribution is -1.84. The molecule has 0 unspecified atom stereocenters. The summed E-state index contributed by atoms with van der Waals surface area (Å²) >= 11 is 5.70. The molecule has 4 heteroatoms. The van der Waals surface area contributed by atoms with Crippen LogP contribution in [0, 0.1) is 11.3 Å². The van der Waals surface area contributed by atoms with Gasteiger partial charge in [0.25, 0.3) is 0 Å². The highest BCUT2D eigenvalue weighted by atomic mass is 35.5. The summed E-state index contributed by atoms with van der Waals surface area (Å²) in [7, 11) is 0. The first-order valence-corrected chi connectivity index (χ1v) is 3.83. The van der Waals surface area contributed by atoms with Crippen LogP contribution in [0.25, 0.3) is 6.08 Å². The molecular formula is C9H5ClN2O. The minimum absolute atomic E-state index is 0.275. The highest BCUT2D eigenvalue weighted by molar-refractivity contribution is 6.30. The second-order valence-corrected chi connectivity index (χ2v) is 2.57. The molecule has 0 aliphatic carbocycles. The van der Waals surface area contributed by atoms with Crippen molar-refractivity contribution >= 4 is 24.0 Å². The van der Waals surface area contributed by atoms with Crippen molar-refractivity contribution in [2.45, 2.75) is 0 Å². The minimum atomic E-state index is 0.275. The van der Waals surface area contributed by atoms with Crippen molar-refractivity contribution in [3.05, 3.63) is 34.6 Å². The average molecular weight is 193 g/mol. The molecule has 0 spiro atoms. The summed E-state index contributed by atoms with van der Waals surface area (Å²) in [4.78, 5) is 13.8. The van der Waals surface area contributed by atoms with Crippen LogP contribution in [-0.4, -0.2) is 11.3 Å². The molecule has 0 N–H and O–H groups in total. The molecule has 0 atom stereocenters. The molecule has 64 valence electrons. The highest BCUT2D eigenvalue weighted by Gasteiger charge is 1.99. The summed E-state index contributed by atoms with van der Waals surface area (Å²) in [6.45, 7) is 0. The van der Waals surface area contributed by atoms with E-state index < -0.39 is 0 Å². The van der Waals surface area contributed by atoms with Crippen molar-refractivity contribution < 1.29 is 4.79 Å². The van der Waals surface area contributed by atoms with E-state index in [1.165, 1.54) is 18.3 Å². The maximum Gasteiger partial charge on any atom is 0.142 e. The molecule has 1 rings (SSSR count). The van der Waals surface area contributed by atoms with Crippen molar-refractivity contribution in [3.8, 4) is 6.07 Å². The number of hydrogen-bond donors (Lipinski definition) is 0. The summed E-state index contributed by atoms with van der Waals surface area (Å²) in [6.07, 6.45) is 4.81. The fourth-order valence-electron chi connectivity index (χ4n) is 0.786. The molecule has 0 aliphatic heterocycles. The monoisotopic (exact) mass is 192 g/mol. The number of halogens is 1. The van der Waals surface area contributed by atoms with Crippen molar-refractivity contribution in [2.75, 3.05) is 0 Å². The summed E-state index contributed by atoms with van der Waals surface area (Å²) in [5.74, 6) is 0. The number of pyridine rings is 1. The first-order chi connectivity index (χ1) is 6.27. The number of allylic oxidation sites excluding steroid dienone is 1. The first kappa shape index (κ1) is 9.43. The third-order valence-corrected chi connectivity index (χ3v) is 1.67. The van der Waals surface area contributed by atoms with Gasteiger partial charge in [-0.25, -0.2) is 4.98 Å². The summed E-state index contributed by atoms with van der Waals surface area (Å²) in [6, 6.07) is 3.49. The number of carbonyl (C=O) groups excluding carboxylic acids is 1. The maximum atomic E-state index is 10.0. The zero-order valence-electron chi connectivity index (χ0n) is 6.57. The molecule has 13 heavy (non-hydrogen) atoms. The quantitative estimate of drug-likeness (QED) is 0.408. The van der Waals surface area contributed by atoms with Crippen molar-refractivity contribution in [1.82, 2.24) is 4.98 Å². The van der Waals surface area contributed by atoms with Crippen LogP contribution in [0.3, 0.4) is 0 Å². The Balaban J connectivity index is 3.12. The van der Waals surface area contributed by atoms with E-state index in [1.54, 1.807) is 6.07 Å². The molecule has 1 aromatic rings. The van der Waals surface area contributed by atoms with Crippen LogP contribution >= 0.6 is 11.6 Å². The van der Waals surface area contributed by atoms with Crippen molar-refractivity contribution in [2.24, 2.45) is 0 Å². The van der Waals surface area contributed by atoms with E-state index in [4.69, 9.17) is 16.9 Å². The zero-order chi connectivity index (χ0) is 9.68. The molecule has 0 aliphatic rings. The fraction of sp³-hybridized carbons (Fsp3) is 0. The van der Waals surface area contributed by atoms with Gasteiger partial charge >= 0.3 is 0 Å². The Bertz CT molecular complexity index is 393. The fourth-order valence-corrected chi connectivity index (χ4v) is 0.952. The Morgan fingerprint density at radius 1 is 1.62 bits per heavy atom. The van der Waals surface area contributed by atoms with Gasteiger partial charge in [0.15, 0.2) is 0 Å². The van der Waals surface area contributed by atoms with Gasteiger partial charge in [-0.2, -0.15) is 5.26 Å². The second-order valence-electron chi connectivity index (χ2n) is 2.21.